The van der Waals surface area contributed by atoms with E-state index in [0.29, 0.717) is 6.54 Å². The standard InChI is InChI=1S/C25H34N6O.HI/c1-18-15-19(2)31(29-18)23-10-8-7-9-21(23)16-27-25(26-3)28-17-24(30(4)5)20-11-13-22(32-6)14-12-20;/h7-15,24H,16-17H2,1-6H3,(H2,26,27,28);1H. The van der Waals surface area contributed by atoms with Crippen molar-refractivity contribution in [3.8, 4) is 11.4 Å². The minimum atomic E-state index is 0. The number of benzene rings is 2. The molecule has 0 radical (unpaired) electrons. The van der Waals surface area contributed by atoms with Gasteiger partial charge in [0.15, 0.2) is 5.96 Å². The van der Waals surface area contributed by atoms with Gasteiger partial charge in [-0.3, -0.25) is 4.99 Å². The number of hydrogen-bond acceptors (Lipinski definition) is 4. The average Bonchev–Trinajstić information content (AvgIpc) is 3.14. The normalized spacial score (nSPS) is 12.3. The molecule has 0 bridgehead atoms. The van der Waals surface area contributed by atoms with Crippen molar-refractivity contribution in [2.45, 2.75) is 26.4 Å². The highest BCUT2D eigenvalue weighted by Crippen LogP contribution is 2.21. The third kappa shape index (κ3) is 6.94. The highest BCUT2D eigenvalue weighted by molar-refractivity contribution is 14.0. The molecule has 0 aliphatic carbocycles. The van der Waals surface area contributed by atoms with Crippen LogP contribution in [0.2, 0.25) is 0 Å². The van der Waals surface area contributed by atoms with E-state index in [9.17, 15) is 0 Å². The molecule has 33 heavy (non-hydrogen) atoms. The maximum absolute atomic E-state index is 5.28. The number of nitrogens with zero attached hydrogens (tertiary/aromatic N) is 4. The number of halogens is 1. The quantitative estimate of drug-likeness (QED) is 0.246. The summed E-state index contributed by atoms with van der Waals surface area (Å²) >= 11 is 0. The van der Waals surface area contributed by atoms with Crippen LogP contribution in [0.4, 0.5) is 0 Å². The first kappa shape index (κ1) is 26.7. The van der Waals surface area contributed by atoms with Crippen LogP contribution in [0, 0.1) is 13.8 Å². The molecule has 2 N–H and O–H groups in total. The van der Waals surface area contributed by atoms with Crippen LogP contribution < -0.4 is 15.4 Å². The second-order valence-corrected chi connectivity index (χ2v) is 8.03. The Labute approximate surface area is 214 Å². The molecule has 8 heteroatoms. The summed E-state index contributed by atoms with van der Waals surface area (Å²) in [6.07, 6.45) is 0. The summed E-state index contributed by atoms with van der Waals surface area (Å²) in [5, 5.41) is 11.6. The monoisotopic (exact) mass is 562 g/mol. The van der Waals surface area contributed by atoms with Crippen molar-refractivity contribution >= 4 is 29.9 Å². The number of ether oxygens (including phenoxy) is 1. The Morgan fingerprint density at radius 3 is 2.36 bits per heavy atom. The largest absolute Gasteiger partial charge is 0.497 e. The maximum atomic E-state index is 5.28. The van der Waals surface area contributed by atoms with Crippen LogP contribution in [-0.4, -0.2) is 55.4 Å². The summed E-state index contributed by atoms with van der Waals surface area (Å²) < 4.78 is 7.28. The highest BCUT2D eigenvalue weighted by Gasteiger charge is 2.15. The molecule has 2 aromatic carbocycles. The van der Waals surface area contributed by atoms with Gasteiger partial charge in [-0.25, -0.2) is 4.68 Å². The van der Waals surface area contributed by atoms with Crippen molar-refractivity contribution in [3.63, 3.8) is 0 Å². The lowest BCUT2D eigenvalue weighted by Gasteiger charge is -2.26. The van der Waals surface area contributed by atoms with E-state index in [4.69, 9.17) is 4.74 Å². The van der Waals surface area contributed by atoms with Gasteiger partial charge in [0.25, 0.3) is 0 Å². The fraction of sp³-hybridized carbons (Fsp3) is 0.360. The molecular formula is C25H35IN6O. The fourth-order valence-electron chi connectivity index (χ4n) is 3.76. The second-order valence-electron chi connectivity index (χ2n) is 8.03. The Morgan fingerprint density at radius 2 is 1.79 bits per heavy atom. The average molecular weight is 563 g/mol. The number of rotatable bonds is 8. The van der Waals surface area contributed by atoms with E-state index in [1.54, 1.807) is 14.2 Å². The predicted octanol–water partition coefficient (Wildman–Crippen LogP) is 4.08. The van der Waals surface area contributed by atoms with Crippen LogP contribution in [0.5, 0.6) is 5.75 Å². The van der Waals surface area contributed by atoms with Gasteiger partial charge in [-0.05, 0) is 63.3 Å². The molecule has 3 aromatic rings. The Balaban J connectivity index is 0.00000385. The van der Waals surface area contributed by atoms with E-state index in [-0.39, 0.29) is 30.0 Å². The summed E-state index contributed by atoms with van der Waals surface area (Å²) in [7, 11) is 7.64. The smallest absolute Gasteiger partial charge is 0.191 e. The Hall–Kier alpha value is -2.59. The first-order valence-electron chi connectivity index (χ1n) is 10.8. The molecule has 0 saturated carbocycles. The van der Waals surface area contributed by atoms with Gasteiger partial charge in [0.1, 0.15) is 5.75 Å². The first-order valence-corrected chi connectivity index (χ1v) is 10.8. The van der Waals surface area contributed by atoms with Crippen LogP contribution in [0.15, 0.2) is 59.6 Å². The Morgan fingerprint density at radius 1 is 1.09 bits per heavy atom. The van der Waals surface area contributed by atoms with Gasteiger partial charge in [-0.1, -0.05) is 30.3 Å². The lowest BCUT2D eigenvalue weighted by molar-refractivity contribution is 0.298. The molecule has 0 fully saturated rings. The third-order valence-electron chi connectivity index (χ3n) is 5.49. The van der Waals surface area contributed by atoms with Crippen molar-refractivity contribution < 1.29 is 4.74 Å². The number of methoxy groups -OCH3 is 1. The third-order valence-corrected chi connectivity index (χ3v) is 5.49. The number of likely N-dealkylation sites (N-methyl/N-ethyl adjacent to an activating group) is 1. The van der Waals surface area contributed by atoms with Crippen molar-refractivity contribution in [3.05, 3.63) is 77.1 Å². The van der Waals surface area contributed by atoms with E-state index in [2.05, 4.69) is 77.0 Å². The molecule has 0 amide bonds. The van der Waals surface area contributed by atoms with E-state index in [1.165, 1.54) is 5.56 Å². The number of aromatic nitrogens is 2. The summed E-state index contributed by atoms with van der Waals surface area (Å²) in [6, 6.07) is 18.8. The van der Waals surface area contributed by atoms with E-state index in [0.717, 1.165) is 40.9 Å². The first-order chi connectivity index (χ1) is 15.4. The van der Waals surface area contributed by atoms with Gasteiger partial charge < -0.3 is 20.3 Å². The molecule has 0 spiro atoms. The van der Waals surface area contributed by atoms with Gasteiger partial charge >= 0.3 is 0 Å². The van der Waals surface area contributed by atoms with Gasteiger partial charge in [-0.15, -0.1) is 24.0 Å². The molecule has 1 heterocycles. The molecule has 0 aliphatic rings. The molecule has 1 atom stereocenters. The second kappa shape index (κ2) is 12.6. The van der Waals surface area contributed by atoms with Gasteiger partial charge in [0, 0.05) is 25.8 Å². The van der Waals surface area contributed by atoms with Crippen LogP contribution >= 0.6 is 24.0 Å². The number of hydrogen-bond donors (Lipinski definition) is 2. The molecule has 0 aliphatic heterocycles. The van der Waals surface area contributed by atoms with E-state index >= 15 is 0 Å². The number of aryl methyl sites for hydroxylation is 2. The summed E-state index contributed by atoms with van der Waals surface area (Å²) in [5.74, 6) is 1.62. The van der Waals surface area contributed by atoms with Crippen LogP contribution in [-0.2, 0) is 6.54 Å². The maximum Gasteiger partial charge on any atom is 0.191 e. The highest BCUT2D eigenvalue weighted by atomic mass is 127. The number of nitrogens with one attached hydrogen (secondary N) is 2. The lowest BCUT2D eigenvalue weighted by Crippen LogP contribution is -2.41. The zero-order valence-electron chi connectivity index (χ0n) is 20.3. The predicted molar refractivity (Wildman–Crippen MR) is 146 cm³/mol. The van der Waals surface area contributed by atoms with Crippen molar-refractivity contribution in [2.75, 3.05) is 34.8 Å². The summed E-state index contributed by atoms with van der Waals surface area (Å²) in [4.78, 5) is 6.61. The number of aliphatic imine (C=N–C) groups is 1. The summed E-state index contributed by atoms with van der Waals surface area (Å²) in [6.45, 7) is 5.45. The van der Waals surface area contributed by atoms with Crippen LogP contribution in [0.25, 0.3) is 5.69 Å². The summed E-state index contributed by atoms with van der Waals surface area (Å²) in [5.41, 5.74) is 5.57. The SMILES string of the molecule is CN=C(NCc1ccccc1-n1nc(C)cc1C)NCC(c1ccc(OC)cc1)N(C)C.I. The molecule has 0 saturated heterocycles. The van der Waals surface area contributed by atoms with E-state index < -0.39 is 0 Å². The van der Waals surface area contributed by atoms with Crippen LogP contribution in [0.3, 0.4) is 0 Å². The lowest BCUT2D eigenvalue weighted by atomic mass is 10.1. The van der Waals surface area contributed by atoms with Gasteiger partial charge in [0.05, 0.1) is 24.5 Å². The Bertz CT molecular complexity index is 1050. The molecular weight excluding hydrogens is 527 g/mol. The minimum Gasteiger partial charge on any atom is -0.497 e. The molecule has 7 nitrogen and oxygen atoms in total. The zero-order chi connectivity index (χ0) is 23.1. The number of para-hydroxylation sites is 1. The number of guanidine groups is 1. The minimum absolute atomic E-state index is 0. The van der Waals surface area contributed by atoms with Crippen LogP contribution in [0.1, 0.15) is 28.6 Å². The molecule has 178 valence electrons. The van der Waals surface area contributed by atoms with Gasteiger partial charge in [-0.2, -0.15) is 5.10 Å². The van der Waals surface area contributed by atoms with Crippen molar-refractivity contribution in [2.24, 2.45) is 4.99 Å². The Kier molecular flexibility index (Phi) is 10.2. The molecule has 3 rings (SSSR count). The van der Waals surface area contributed by atoms with Gasteiger partial charge in [0.2, 0.25) is 0 Å². The fourth-order valence-corrected chi connectivity index (χ4v) is 3.76. The zero-order valence-corrected chi connectivity index (χ0v) is 22.6. The van der Waals surface area contributed by atoms with E-state index in [1.807, 2.05) is 35.9 Å². The van der Waals surface area contributed by atoms with Crippen molar-refractivity contribution in [1.29, 1.82) is 0 Å². The molecule has 1 unspecified atom stereocenters. The topological polar surface area (TPSA) is 66.7 Å². The molecule has 1 aromatic heterocycles. The van der Waals surface area contributed by atoms with Crippen molar-refractivity contribution in [1.82, 2.24) is 25.3 Å².